The minimum absolute atomic E-state index is 0.204. The number of hydrogen-bond acceptors (Lipinski definition) is 5. The molecule has 0 saturated heterocycles. The Bertz CT molecular complexity index is 1110. The van der Waals surface area contributed by atoms with E-state index in [9.17, 15) is 9.90 Å². The summed E-state index contributed by atoms with van der Waals surface area (Å²) >= 11 is 0. The largest absolute Gasteiger partial charge is 0.496 e. The van der Waals surface area contributed by atoms with E-state index < -0.39 is 5.97 Å². The summed E-state index contributed by atoms with van der Waals surface area (Å²) in [5, 5.41) is 10.4. The normalized spacial score (nSPS) is 18.8. The predicted octanol–water partition coefficient (Wildman–Crippen LogP) is 5.32. The Labute approximate surface area is 201 Å². The first-order chi connectivity index (χ1) is 16.5. The number of fused-ring (bicyclic) bond motifs is 1. The first kappa shape index (κ1) is 24.2. The molecule has 3 aromatic rings. The zero-order chi connectivity index (χ0) is 24.1. The maximum absolute atomic E-state index is 11.3. The fourth-order valence-electron chi connectivity index (χ4n) is 5.16. The van der Waals surface area contributed by atoms with Crippen molar-refractivity contribution in [2.75, 3.05) is 13.7 Å². The maximum Gasteiger partial charge on any atom is 0.337 e. The molecule has 4 rings (SSSR count). The number of carboxylic acid groups (broad SMARTS) is 1. The van der Waals surface area contributed by atoms with Gasteiger partial charge in [-0.05, 0) is 62.9 Å². The smallest absolute Gasteiger partial charge is 0.337 e. The fourth-order valence-corrected chi connectivity index (χ4v) is 5.16. The average Bonchev–Trinajstić information content (AvgIpc) is 3.21. The summed E-state index contributed by atoms with van der Waals surface area (Å²) in [6.45, 7) is 6.22. The van der Waals surface area contributed by atoms with Gasteiger partial charge in [0.05, 0.1) is 24.5 Å². The summed E-state index contributed by atoms with van der Waals surface area (Å²) in [6, 6.07) is 8.01. The summed E-state index contributed by atoms with van der Waals surface area (Å²) < 4.78 is 11.9. The van der Waals surface area contributed by atoms with Crippen LogP contribution < -0.4 is 4.74 Å². The highest BCUT2D eigenvalue weighted by Gasteiger charge is 2.28. The van der Waals surface area contributed by atoms with Gasteiger partial charge >= 0.3 is 5.97 Å². The third-order valence-electron chi connectivity index (χ3n) is 6.90. The van der Waals surface area contributed by atoms with Crippen LogP contribution in [0.5, 0.6) is 5.75 Å². The molecule has 1 aliphatic carbocycles. The molecular weight excluding hydrogens is 430 g/mol. The standard InChI is InChI=1S/C27H35N3O4/c1-4-34-22-8-6-5-7-21(14-22)30(16-20-10-9-19(15-29-20)27(31)32)17-24-23-11-12-28-26(23)18(2)13-25(24)33-3/h9-13,15,21-22,28H,4-8,14,16-17H2,1-3H3,(H,31,32). The zero-order valence-corrected chi connectivity index (χ0v) is 20.3. The molecule has 2 unspecified atom stereocenters. The number of carboxylic acids is 1. The quantitative estimate of drug-likeness (QED) is 0.416. The van der Waals surface area contributed by atoms with Gasteiger partial charge in [-0.15, -0.1) is 0 Å². The zero-order valence-electron chi connectivity index (χ0n) is 20.3. The second kappa shape index (κ2) is 11.0. The van der Waals surface area contributed by atoms with Crippen molar-refractivity contribution in [1.82, 2.24) is 14.9 Å². The molecule has 7 nitrogen and oxygen atoms in total. The van der Waals surface area contributed by atoms with E-state index in [0.29, 0.717) is 19.1 Å². The van der Waals surface area contributed by atoms with Crippen molar-refractivity contribution in [3.05, 3.63) is 59.0 Å². The van der Waals surface area contributed by atoms with E-state index in [1.54, 1.807) is 13.2 Å². The monoisotopic (exact) mass is 465 g/mol. The number of hydrogen-bond donors (Lipinski definition) is 2. The molecule has 1 aliphatic rings. The van der Waals surface area contributed by atoms with Gasteiger partial charge in [-0.25, -0.2) is 4.79 Å². The number of H-pyrrole nitrogens is 1. The number of aromatic nitrogens is 2. The SMILES string of the molecule is CCOC1CCCCC(N(Cc2ccc(C(=O)O)cn2)Cc2c(OC)cc(C)c3[nH]ccc23)C1. The van der Waals surface area contributed by atoms with E-state index in [2.05, 4.69) is 40.8 Å². The Hall–Kier alpha value is -2.90. The van der Waals surface area contributed by atoms with E-state index in [4.69, 9.17) is 9.47 Å². The van der Waals surface area contributed by atoms with E-state index in [1.165, 1.54) is 24.4 Å². The Morgan fingerprint density at radius 3 is 2.76 bits per heavy atom. The van der Waals surface area contributed by atoms with Crippen LogP contribution in [-0.2, 0) is 17.8 Å². The maximum atomic E-state index is 11.3. The number of benzene rings is 1. The molecule has 0 spiro atoms. The number of nitrogens with zero attached hydrogens (tertiary/aromatic N) is 2. The van der Waals surface area contributed by atoms with Gasteiger partial charge in [0.25, 0.3) is 0 Å². The minimum Gasteiger partial charge on any atom is -0.496 e. The summed E-state index contributed by atoms with van der Waals surface area (Å²) in [7, 11) is 1.73. The Balaban J connectivity index is 1.69. The van der Waals surface area contributed by atoms with Crippen molar-refractivity contribution < 1.29 is 19.4 Å². The van der Waals surface area contributed by atoms with Gasteiger partial charge in [-0.1, -0.05) is 12.8 Å². The van der Waals surface area contributed by atoms with E-state index in [1.807, 2.05) is 12.3 Å². The molecular formula is C27H35N3O4. The molecule has 1 aromatic carbocycles. The van der Waals surface area contributed by atoms with Gasteiger partial charge in [0, 0.05) is 54.6 Å². The highest BCUT2D eigenvalue weighted by atomic mass is 16.5. The van der Waals surface area contributed by atoms with Crippen molar-refractivity contribution >= 4 is 16.9 Å². The van der Waals surface area contributed by atoms with Crippen molar-refractivity contribution in [3.8, 4) is 5.75 Å². The van der Waals surface area contributed by atoms with Crippen molar-refractivity contribution in [3.63, 3.8) is 0 Å². The first-order valence-corrected chi connectivity index (χ1v) is 12.2. The van der Waals surface area contributed by atoms with Crippen LogP contribution >= 0.6 is 0 Å². The second-order valence-corrected chi connectivity index (χ2v) is 9.14. The predicted molar refractivity (Wildman–Crippen MR) is 132 cm³/mol. The number of carbonyl (C=O) groups is 1. The van der Waals surface area contributed by atoms with Crippen LogP contribution in [0.15, 0.2) is 36.7 Å². The van der Waals surface area contributed by atoms with Crippen molar-refractivity contribution in [1.29, 1.82) is 0 Å². The van der Waals surface area contributed by atoms with Gasteiger partial charge in [-0.2, -0.15) is 0 Å². The number of methoxy groups -OCH3 is 1. The molecule has 0 radical (unpaired) electrons. The lowest BCUT2D eigenvalue weighted by Crippen LogP contribution is -2.37. The molecule has 0 amide bonds. The Kier molecular flexibility index (Phi) is 7.85. The van der Waals surface area contributed by atoms with Crippen LogP contribution in [0.1, 0.15) is 66.2 Å². The number of ether oxygens (including phenoxy) is 2. The lowest BCUT2D eigenvalue weighted by atomic mass is 10.0. The molecule has 2 heterocycles. The topological polar surface area (TPSA) is 87.7 Å². The number of rotatable bonds is 9. The number of aryl methyl sites for hydroxylation is 1. The minimum atomic E-state index is -0.960. The highest BCUT2D eigenvalue weighted by molar-refractivity contribution is 5.88. The van der Waals surface area contributed by atoms with Crippen molar-refractivity contribution in [2.45, 2.75) is 71.2 Å². The third kappa shape index (κ3) is 5.42. The van der Waals surface area contributed by atoms with E-state index >= 15 is 0 Å². The molecule has 34 heavy (non-hydrogen) atoms. The lowest BCUT2D eigenvalue weighted by molar-refractivity contribution is 0.0289. The molecule has 182 valence electrons. The average molecular weight is 466 g/mol. The van der Waals surface area contributed by atoms with Crippen LogP contribution in [-0.4, -0.2) is 51.8 Å². The summed E-state index contributed by atoms with van der Waals surface area (Å²) in [5.74, 6) is -0.0720. The van der Waals surface area contributed by atoms with Crippen LogP contribution in [0.25, 0.3) is 10.9 Å². The molecule has 7 heteroatoms. The number of nitrogens with one attached hydrogen (secondary N) is 1. The summed E-state index contributed by atoms with van der Waals surface area (Å²) in [6.07, 6.45) is 9.20. The Morgan fingerprint density at radius 1 is 1.24 bits per heavy atom. The van der Waals surface area contributed by atoms with Gasteiger partial charge in [0.1, 0.15) is 5.75 Å². The molecule has 1 fully saturated rings. The third-order valence-corrected chi connectivity index (χ3v) is 6.90. The van der Waals surface area contributed by atoms with Crippen LogP contribution in [0.3, 0.4) is 0 Å². The fraction of sp³-hybridized carbons (Fsp3) is 0.481. The van der Waals surface area contributed by atoms with E-state index in [-0.39, 0.29) is 11.7 Å². The van der Waals surface area contributed by atoms with E-state index in [0.717, 1.165) is 54.0 Å². The summed E-state index contributed by atoms with van der Waals surface area (Å²) in [5.41, 5.74) is 4.51. The number of aromatic carboxylic acids is 1. The molecule has 1 saturated carbocycles. The molecule has 0 aliphatic heterocycles. The highest BCUT2D eigenvalue weighted by Crippen LogP contribution is 2.34. The van der Waals surface area contributed by atoms with Gasteiger partial charge in [0.2, 0.25) is 0 Å². The lowest BCUT2D eigenvalue weighted by Gasteiger charge is -2.33. The van der Waals surface area contributed by atoms with Crippen LogP contribution in [0, 0.1) is 6.92 Å². The molecule has 2 N–H and O–H groups in total. The molecule has 0 bridgehead atoms. The number of pyridine rings is 1. The van der Waals surface area contributed by atoms with Gasteiger partial charge < -0.3 is 19.6 Å². The molecule has 2 atom stereocenters. The van der Waals surface area contributed by atoms with Crippen LogP contribution in [0.4, 0.5) is 0 Å². The van der Waals surface area contributed by atoms with Gasteiger partial charge in [0.15, 0.2) is 0 Å². The molecule has 2 aromatic heterocycles. The van der Waals surface area contributed by atoms with Crippen LogP contribution in [0.2, 0.25) is 0 Å². The summed E-state index contributed by atoms with van der Waals surface area (Å²) in [4.78, 5) is 21.6. The van der Waals surface area contributed by atoms with Crippen molar-refractivity contribution in [2.24, 2.45) is 0 Å². The van der Waals surface area contributed by atoms with Gasteiger partial charge in [-0.3, -0.25) is 9.88 Å². The Morgan fingerprint density at radius 2 is 2.06 bits per heavy atom. The number of aromatic amines is 1. The second-order valence-electron chi connectivity index (χ2n) is 9.14. The first-order valence-electron chi connectivity index (χ1n) is 12.2.